The number of carbonyl (C=O) groups excluding carboxylic acids is 2. The van der Waals surface area contributed by atoms with Crippen molar-refractivity contribution in [2.75, 3.05) is 17.1 Å². The minimum Gasteiger partial charge on any atom is -0.352 e. The quantitative estimate of drug-likeness (QED) is 0.254. The second-order valence-corrected chi connectivity index (χ2v) is 13.3. The molecule has 0 unspecified atom stereocenters. The molecule has 0 aliphatic heterocycles. The van der Waals surface area contributed by atoms with E-state index in [1.54, 1.807) is 0 Å². The average Bonchev–Trinajstić information content (AvgIpc) is 2.88. The maximum absolute atomic E-state index is 14.1. The summed E-state index contributed by atoms with van der Waals surface area (Å²) in [6.45, 7) is 3.39. The summed E-state index contributed by atoms with van der Waals surface area (Å²) >= 11 is 15.8. The van der Waals surface area contributed by atoms with E-state index in [2.05, 4.69) is 21.2 Å². The van der Waals surface area contributed by atoms with Crippen molar-refractivity contribution in [3.05, 3.63) is 98.4 Å². The second-order valence-electron chi connectivity index (χ2n) is 9.57. The van der Waals surface area contributed by atoms with Gasteiger partial charge in [0.25, 0.3) is 0 Å². The molecule has 7 nitrogen and oxygen atoms in total. The summed E-state index contributed by atoms with van der Waals surface area (Å²) in [5.74, 6) is -0.875. The highest BCUT2D eigenvalue weighted by atomic mass is 79.9. The largest absolute Gasteiger partial charge is 0.352 e. The van der Waals surface area contributed by atoms with Gasteiger partial charge in [-0.1, -0.05) is 88.5 Å². The highest BCUT2D eigenvalue weighted by Crippen LogP contribution is 2.28. The van der Waals surface area contributed by atoms with Crippen molar-refractivity contribution in [2.24, 2.45) is 0 Å². The van der Waals surface area contributed by atoms with Gasteiger partial charge in [0.2, 0.25) is 21.8 Å². The summed E-state index contributed by atoms with van der Waals surface area (Å²) < 4.78 is 27.5. The Bertz CT molecular complexity index is 1420. The number of nitrogens with one attached hydrogen (secondary N) is 1. The highest BCUT2D eigenvalue weighted by molar-refractivity contribution is 9.10. The molecule has 1 N–H and O–H groups in total. The van der Waals surface area contributed by atoms with Crippen LogP contribution in [0, 0.1) is 0 Å². The van der Waals surface area contributed by atoms with Crippen molar-refractivity contribution in [3.8, 4) is 0 Å². The van der Waals surface area contributed by atoms with Gasteiger partial charge in [0, 0.05) is 33.5 Å². The molecule has 3 aromatic carbocycles. The van der Waals surface area contributed by atoms with Crippen LogP contribution in [0.1, 0.15) is 31.4 Å². The zero-order chi connectivity index (χ0) is 29.4. The molecule has 214 valence electrons. The van der Waals surface area contributed by atoms with E-state index in [9.17, 15) is 18.0 Å². The molecule has 0 aliphatic carbocycles. The zero-order valence-electron chi connectivity index (χ0n) is 22.5. The van der Waals surface area contributed by atoms with E-state index < -0.39 is 28.5 Å². The maximum Gasteiger partial charge on any atom is 0.244 e. The summed E-state index contributed by atoms with van der Waals surface area (Å²) in [6.07, 6.45) is 1.95. The van der Waals surface area contributed by atoms with Crippen LogP contribution in [0.2, 0.25) is 10.0 Å². The van der Waals surface area contributed by atoms with Gasteiger partial charge in [-0.2, -0.15) is 0 Å². The van der Waals surface area contributed by atoms with E-state index in [1.165, 1.54) is 23.1 Å². The first-order valence-electron chi connectivity index (χ1n) is 12.7. The Kier molecular flexibility index (Phi) is 11.5. The number of benzene rings is 3. The number of anilines is 1. The van der Waals surface area contributed by atoms with Crippen LogP contribution >= 0.6 is 39.1 Å². The monoisotopic (exact) mass is 667 g/mol. The number of amides is 2. The summed E-state index contributed by atoms with van der Waals surface area (Å²) in [7, 11) is -3.93. The van der Waals surface area contributed by atoms with Crippen LogP contribution in [0.15, 0.2) is 77.3 Å². The minimum absolute atomic E-state index is 0.0810. The van der Waals surface area contributed by atoms with Crippen molar-refractivity contribution in [2.45, 2.75) is 45.3 Å². The molecule has 0 bridgehead atoms. The summed E-state index contributed by atoms with van der Waals surface area (Å²) in [4.78, 5) is 29.2. The fourth-order valence-electron chi connectivity index (χ4n) is 4.12. The number of carbonyl (C=O) groups is 2. The molecule has 0 fully saturated rings. The molecule has 2 atom stereocenters. The molecule has 0 heterocycles. The normalized spacial score (nSPS) is 12.8. The number of nitrogens with zero attached hydrogens (tertiary/aromatic N) is 2. The van der Waals surface area contributed by atoms with Crippen LogP contribution in [0.4, 0.5) is 5.69 Å². The lowest BCUT2D eigenvalue weighted by atomic mass is 10.0. The lowest BCUT2D eigenvalue weighted by Gasteiger charge is -2.34. The number of hydrogen-bond acceptors (Lipinski definition) is 4. The van der Waals surface area contributed by atoms with Crippen LogP contribution in [-0.2, 0) is 32.6 Å². The molecule has 2 amide bonds. The predicted octanol–water partition coefficient (Wildman–Crippen LogP) is 6.08. The van der Waals surface area contributed by atoms with E-state index >= 15 is 0 Å². The zero-order valence-corrected chi connectivity index (χ0v) is 26.4. The molecular weight excluding hydrogens is 637 g/mol. The van der Waals surface area contributed by atoms with Crippen LogP contribution in [0.3, 0.4) is 0 Å². The molecule has 3 rings (SSSR count). The minimum atomic E-state index is -3.93. The van der Waals surface area contributed by atoms with Crippen LogP contribution in [0.5, 0.6) is 0 Å². The fraction of sp³-hybridized carbons (Fsp3) is 0.310. The lowest BCUT2D eigenvalue weighted by Crippen LogP contribution is -2.54. The number of sulfonamides is 1. The Hall–Kier alpha value is -2.59. The Balaban J connectivity index is 2.08. The molecule has 0 spiro atoms. The van der Waals surface area contributed by atoms with E-state index in [0.717, 1.165) is 26.2 Å². The Morgan fingerprint density at radius 2 is 1.57 bits per heavy atom. The first-order valence-corrected chi connectivity index (χ1v) is 16.1. The van der Waals surface area contributed by atoms with Crippen molar-refractivity contribution in [3.63, 3.8) is 0 Å². The van der Waals surface area contributed by atoms with E-state index in [1.807, 2.05) is 68.4 Å². The third-order valence-electron chi connectivity index (χ3n) is 6.33. The number of rotatable bonds is 12. The van der Waals surface area contributed by atoms with Crippen LogP contribution in [0.25, 0.3) is 0 Å². The van der Waals surface area contributed by atoms with E-state index in [0.29, 0.717) is 6.42 Å². The SMILES string of the molecule is CC[C@@H](C)NC(=O)[C@H](Cc1ccccc1)N(Cc1cccc(Br)c1)C(=O)CN(c1cc(Cl)cc(Cl)c1)S(C)(=O)=O. The molecular formula is C29H32BrCl2N3O4S. The first-order chi connectivity index (χ1) is 18.9. The molecule has 0 radical (unpaired) electrons. The Morgan fingerprint density at radius 1 is 0.950 bits per heavy atom. The number of halogens is 3. The summed E-state index contributed by atoms with van der Waals surface area (Å²) in [5, 5.41) is 3.46. The van der Waals surface area contributed by atoms with E-state index in [4.69, 9.17) is 23.2 Å². The third-order valence-corrected chi connectivity index (χ3v) is 8.40. The van der Waals surface area contributed by atoms with Gasteiger partial charge >= 0.3 is 0 Å². The van der Waals surface area contributed by atoms with Crippen molar-refractivity contribution in [1.82, 2.24) is 10.2 Å². The van der Waals surface area contributed by atoms with Crippen molar-refractivity contribution in [1.29, 1.82) is 0 Å². The number of hydrogen-bond donors (Lipinski definition) is 1. The molecule has 0 aromatic heterocycles. The second kappa shape index (κ2) is 14.3. The van der Waals surface area contributed by atoms with Gasteiger partial charge in [-0.05, 0) is 54.8 Å². The van der Waals surface area contributed by atoms with Crippen molar-refractivity contribution < 1.29 is 18.0 Å². The lowest BCUT2D eigenvalue weighted by molar-refractivity contribution is -0.140. The molecule has 0 aliphatic rings. The van der Waals surface area contributed by atoms with Crippen LogP contribution < -0.4 is 9.62 Å². The standard InChI is InChI=1S/C29H32BrCl2N3O4S/c1-4-20(2)33-29(37)27(14-21-9-6-5-7-10-21)34(18-22-11-8-12-23(30)13-22)28(36)19-35(40(3,38)39)26-16-24(31)15-25(32)17-26/h5-13,15-17,20,27H,4,14,18-19H2,1-3H3,(H,33,37)/t20-,27+/m1/s1. The van der Waals surface area contributed by atoms with Gasteiger partial charge in [-0.25, -0.2) is 8.42 Å². The van der Waals surface area contributed by atoms with Crippen molar-refractivity contribution >= 4 is 66.7 Å². The summed E-state index contributed by atoms with van der Waals surface area (Å²) in [6, 6.07) is 20.1. The molecule has 40 heavy (non-hydrogen) atoms. The molecule has 11 heteroatoms. The average molecular weight is 669 g/mol. The topological polar surface area (TPSA) is 86.8 Å². The summed E-state index contributed by atoms with van der Waals surface area (Å²) in [5.41, 5.74) is 1.79. The predicted molar refractivity (Wildman–Crippen MR) is 165 cm³/mol. The fourth-order valence-corrected chi connectivity index (χ4v) is 5.92. The highest BCUT2D eigenvalue weighted by Gasteiger charge is 2.33. The first kappa shape index (κ1) is 31.9. The molecule has 0 saturated carbocycles. The van der Waals surface area contributed by atoms with Gasteiger partial charge in [0.05, 0.1) is 11.9 Å². The smallest absolute Gasteiger partial charge is 0.244 e. The van der Waals surface area contributed by atoms with Gasteiger partial charge in [0.15, 0.2) is 0 Å². The van der Waals surface area contributed by atoms with Gasteiger partial charge in [-0.15, -0.1) is 0 Å². The molecule has 3 aromatic rings. The maximum atomic E-state index is 14.1. The Morgan fingerprint density at radius 3 is 2.15 bits per heavy atom. The van der Waals surface area contributed by atoms with E-state index in [-0.39, 0.29) is 40.6 Å². The van der Waals surface area contributed by atoms with Crippen LogP contribution in [-0.4, -0.2) is 50.0 Å². The third kappa shape index (κ3) is 9.23. The molecule has 0 saturated heterocycles. The Labute approximate surface area is 254 Å². The van der Waals surface area contributed by atoms with Gasteiger partial charge < -0.3 is 10.2 Å². The van der Waals surface area contributed by atoms with Gasteiger partial charge in [0.1, 0.15) is 12.6 Å². The van der Waals surface area contributed by atoms with Gasteiger partial charge in [-0.3, -0.25) is 13.9 Å².